The van der Waals surface area contributed by atoms with Crippen LogP contribution >= 0.6 is 0 Å². The lowest BCUT2D eigenvalue weighted by Gasteiger charge is -2.10. The van der Waals surface area contributed by atoms with Crippen molar-refractivity contribution in [2.75, 3.05) is 0 Å². The lowest BCUT2D eigenvalue weighted by Crippen LogP contribution is -2.19. The van der Waals surface area contributed by atoms with Gasteiger partial charge in [-0.05, 0) is 64.1 Å². The molecule has 0 unspecified atom stereocenters. The number of carbonyl (C=O) groups is 1. The van der Waals surface area contributed by atoms with Gasteiger partial charge in [0.15, 0.2) is 0 Å². The molecule has 1 heterocycles. The smallest absolute Gasteiger partial charge is 0.272 e. The Hall–Kier alpha value is -3.74. The van der Waals surface area contributed by atoms with Crippen LogP contribution in [0.5, 0.6) is 0 Å². The van der Waals surface area contributed by atoms with Gasteiger partial charge in [0, 0.05) is 39.8 Å². The predicted octanol–water partition coefficient (Wildman–Crippen LogP) is 4.46. The van der Waals surface area contributed by atoms with Crippen LogP contribution in [0.25, 0.3) is 5.69 Å². The molecular weight excluding hydrogens is 368 g/mol. The molecule has 0 aliphatic rings. The normalized spacial score (nSPS) is 11.4. The molecule has 148 valence electrons. The molecule has 7 nitrogen and oxygen atoms in total. The first-order chi connectivity index (χ1) is 13.8. The van der Waals surface area contributed by atoms with Gasteiger partial charge in [0.05, 0.1) is 10.6 Å². The summed E-state index contributed by atoms with van der Waals surface area (Å²) in [5.74, 6) is -0.349. The van der Waals surface area contributed by atoms with E-state index in [2.05, 4.69) is 15.1 Å². The third-order valence-electron chi connectivity index (χ3n) is 4.81. The number of rotatable bonds is 5. The van der Waals surface area contributed by atoms with Crippen molar-refractivity contribution in [3.63, 3.8) is 0 Å². The summed E-state index contributed by atoms with van der Waals surface area (Å²) in [6.07, 6.45) is 0. The Balaban J connectivity index is 1.75. The minimum atomic E-state index is -0.430. The van der Waals surface area contributed by atoms with Crippen LogP contribution in [-0.4, -0.2) is 21.1 Å². The lowest BCUT2D eigenvalue weighted by atomic mass is 10.1. The molecule has 0 aliphatic carbocycles. The van der Waals surface area contributed by atoms with Crippen LogP contribution in [0.1, 0.15) is 39.8 Å². The van der Waals surface area contributed by atoms with Gasteiger partial charge in [-0.1, -0.05) is 12.1 Å². The zero-order chi connectivity index (χ0) is 21.1. The van der Waals surface area contributed by atoms with Gasteiger partial charge in [0.1, 0.15) is 0 Å². The largest absolute Gasteiger partial charge is 0.319 e. The summed E-state index contributed by atoms with van der Waals surface area (Å²) in [6.45, 7) is 7.42. The number of nitro benzene ring substituents is 1. The highest BCUT2D eigenvalue weighted by atomic mass is 16.6. The summed E-state index contributed by atoms with van der Waals surface area (Å²) in [5.41, 5.74) is 7.86. The van der Waals surface area contributed by atoms with Crippen LogP contribution in [0, 0.1) is 30.9 Å². The van der Waals surface area contributed by atoms with Crippen molar-refractivity contribution in [1.82, 2.24) is 9.99 Å². The maximum atomic E-state index is 12.4. The molecule has 29 heavy (non-hydrogen) atoms. The van der Waals surface area contributed by atoms with Gasteiger partial charge in [-0.2, -0.15) is 5.10 Å². The Morgan fingerprint density at radius 2 is 1.55 bits per heavy atom. The maximum Gasteiger partial charge on any atom is 0.272 e. The molecule has 3 aromatic rings. The fourth-order valence-corrected chi connectivity index (χ4v) is 3.13. The minimum absolute atomic E-state index is 0.0227. The highest BCUT2D eigenvalue weighted by Crippen LogP contribution is 2.20. The number of hydrogen-bond acceptors (Lipinski definition) is 4. The second kappa shape index (κ2) is 8.10. The van der Waals surface area contributed by atoms with E-state index in [4.69, 9.17) is 0 Å². The first-order valence-corrected chi connectivity index (χ1v) is 9.13. The zero-order valence-corrected chi connectivity index (χ0v) is 16.8. The Bertz CT molecular complexity index is 1090. The number of nitrogens with zero attached hydrogens (tertiary/aromatic N) is 3. The molecule has 0 spiro atoms. The standard InChI is InChI=1S/C22H22N4O3/c1-14-5-8-19(13-21(14)26(28)29)17(4)23-24-22(27)18-9-11-20(12-10-18)25-15(2)6-7-16(25)3/h5-13H,1-4H3,(H,24,27)/b23-17+. The first-order valence-electron chi connectivity index (χ1n) is 9.13. The fraction of sp³-hybridized carbons (Fsp3) is 0.182. The molecule has 0 bridgehead atoms. The molecule has 0 fully saturated rings. The van der Waals surface area contributed by atoms with Crippen LogP contribution in [0.2, 0.25) is 0 Å². The molecule has 3 rings (SSSR count). The molecule has 1 amide bonds. The van der Waals surface area contributed by atoms with E-state index in [9.17, 15) is 14.9 Å². The molecule has 0 radical (unpaired) electrons. The summed E-state index contributed by atoms with van der Waals surface area (Å²) >= 11 is 0. The summed E-state index contributed by atoms with van der Waals surface area (Å²) in [6, 6.07) is 16.2. The van der Waals surface area contributed by atoms with E-state index in [-0.39, 0.29) is 11.6 Å². The third-order valence-corrected chi connectivity index (χ3v) is 4.81. The van der Waals surface area contributed by atoms with Crippen LogP contribution in [0.4, 0.5) is 5.69 Å². The van der Waals surface area contributed by atoms with E-state index >= 15 is 0 Å². The number of amides is 1. The monoisotopic (exact) mass is 390 g/mol. The molecule has 7 heteroatoms. The van der Waals surface area contributed by atoms with Gasteiger partial charge in [0.25, 0.3) is 11.6 Å². The number of carbonyl (C=O) groups excluding carboxylic acids is 1. The van der Waals surface area contributed by atoms with E-state index in [1.54, 1.807) is 38.1 Å². The predicted molar refractivity (Wildman–Crippen MR) is 113 cm³/mol. The maximum absolute atomic E-state index is 12.4. The molecule has 0 atom stereocenters. The van der Waals surface area contributed by atoms with Crippen LogP contribution in [0.15, 0.2) is 59.7 Å². The van der Waals surface area contributed by atoms with E-state index in [0.29, 0.717) is 22.4 Å². The third kappa shape index (κ3) is 4.24. The van der Waals surface area contributed by atoms with Gasteiger partial charge in [-0.15, -0.1) is 0 Å². The van der Waals surface area contributed by atoms with E-state index in [1.807, 2.05) is 38.1 Å². The lowest BCUT2D eigenvalue weighted by molar-refractivity contribution is -0.385. The van der Waals surface area contributed by atoms with Crippen molar-refractivity contribution < 1.29 is 9.72 Å². The average Bonchev–Trinajstić information content (AvgIpc) is 3.04. The number of aryl methyl sites for hydroxylation is 3. The Labute approximate surface area is 168 Å². The molecule has 0 saturated carbocycles. The number of aromatic nitrogens is 1. The van der Waals surface area contributed by atoms with Crippen molar-refractivity contribution in [2.24, 2.45) is 5.10 Å². The molecule has 0 aliphatic heterocycles. The van der Waals surface area contributed by atoms with Crippen molar-refractivity contribution in [3.05, 3.63) is 92.8 Å². The summed E-state index contributed by atoms with van der Waals surface area (Å²) < 4.78 is 2.11. The van der Waals surface area contributed by atoms with Gasteiger partial charge < -0.3 is 4.57 Å². The molecule has 1 N–H and O–H groups in total. The molecule has 0 saturated heterocycles. The summed E-state index contributed by atoms with van der Waals surface area (Å²) in [5, 5.41) is 15.2. The highest BCUT2D eigenvalue weighted by Gasteiger charge is 2.13. The van der Waals surface area contributed by atoms with Crippen LogP contribution in [0.3, 0.4) is 0 Å². The number of hydrogen-bond donors (Lipinski definition) is 1. The van der Waals surface area contributed by atoms with Crippen molar-refractivity contribution in [1.29, 1.82) is 0 Å². The quantitative estimate of drug-likeness (QED) is 0.396. The van der Waals surface area contributed by atoms with Crippen LogP contribution < -0.4 is 5.43 Å². The zero-order valence-electron chi connectivity index (χ0n) is 16.8. The molecular formula is C22H22N4O3. The van der Waals surface area contributed by atoms with Crippen molar-refractivity contribution in [3.8, 4) is 5.69 Å². The summed E-state index contributed by atoms with van der Waals surface area (Å²) in [7, 11) is 0. The Kier molecular flexibility index (Phi) is 5.59. The first kappa shape index (κ1) is 20.0. The number of nitro groups is 1. The minimum Gasteiger partial charge on any atom is -0.319 e. The van der Waals surface area contributed by atoms with Crippen molar-refractivity contribution in [2.45, 2.75) is 27.7 Å². The molecule has 1 aromatic heterocycles. The highest BCUT2D eigenvalue weighted by molar-refractivity contribution is 6.01. The van der Waals surface area contributed by atoms with Gasteiger partial charge >= 0.3 is 0 Å². The second-order valence-corrected chi connectivity index (χ2v) is 6.89. The number of benzene rings is 2. The van der Waals surface area contributed by atoms with Crippen molar-refractivity contribution >= 4 is 17.3 Å². The van der Waals surface area contributed by atoms with Crippen LogP contribution in [-0.2, 0) is 0 Å². The fourth-order valence-electron chi connectivity index (χ4n) is 3.13. The van der Waals surface area contributed by atoms with E-state index < -0.39 is 4.92 Å². The Morgan fingerprint density at radius 1 is 0.966 bits per heavy atom. The second-order valence-electron chi connectivity index (χ2n) is 6.89. The van der Waals surface area contributed by atoms with Gasteiger partial charge in [0.2, 0.25) is 0 Å². The molecule has 2 aromatic carbocycles. The van der Waals surface area contributed by atoms with Gasteiger partial charge in [-0.25, -0.2) is 5.43 Å². The number of hydrazone groups is 1. The number of nitrogens with one attached hydrogen (secondary N) is 1. The van der Waals surface area contributed by atoms with E-state index in [0.717, 1.165) is 17.1 Å². The SMILES string of the molecule is C/C(=N\NC(=O)c1ccc(-n2c(C)ccc2C)cc1)c1ccc(C)c([N+](=O)[O-])c1. The Morgan fingerprint density at radius 3 is 2.14 bits per heavy atom. The summed E-state index contributed by atoms with van der Waals surface area (Å²) in [4.78, 5) is 23.1. The topological polar surface area (TPSA) is 89.5 Å². The van der Waals surface area contributed by atoms with E-state index in [1.165, 1.54) is 6.07 Å². The average molecular weight is 390 g/mol. The van der Waals surface area contributed by atoms with Gasteiger partial charge in [-0.3, -0.25) is 14.9 Å².